The molecule has 2 nitrogen and oxygen atoms in total. The van der Waals surface area contributed by atoms with Gasteiger partial charge in [-0.3, -0.25) is 4.79 Å². The van der Waals surface area contributed by atoms with Crippen molar-refractivity contribution in [3.05, 3.63) is 82.4 Å². The first-order valence-electron chi connectivity index (χ1n) is 11.2. The first-order chi connectivity index (χ1) is 14.7. The Morgan fingerprint density at radius 2 is 1.81 bits per heavy atom. The maximum Gasteiger partial charge on any atom is 0.229 e. The van der Waals surface area contributed by atoms with E-state index in [1.807, 2.05) is 36.4 Å². The standard InChI is InChI=1S/C27H33Cl2NO/c1-6-15-27(5)17-23(20-9-8-10-22(29)16-20)25(19-11-13-21(28)14-12-19)30(26(27)31)24(7-2)18(3)4/h6,8-14,16,18,23-25H,1,7,15,17H2,2-5H3/t23-,24+,25-,27+/m1/s1. The van der Waals surface area contributed by atoms with Crippen LogP contribution < -0.4 is 0 Å². The van der Waals surface area contributed by atoms with Crippen molar-refractivity contribution in [3.63, 3.8) is 0 Å². The number of carbonyl (C=O) groups is 1. The Morgan fingerprint density at radius 3 is 2.35 bits per heavy atom. The van der Waals surface area contributed by atoms with E-state index >= 15 is 0 Å². The molecular weight excluding hydrogens is 425 g/mol. The van der Waals surface area contributed by atoms with Gasteiger partial charge in [-0.2, -0.15) is 0 Å². The number of halogens is 2. The number of amides is 1. The van der Waals surface area contributed by atoms with Gasteiger partial charge in [-0.05, 0) is 60.6 Å². The minimum Gasteiger partial charge on any atom is -0.331 e. The molecule has 1 heterocycles. The van der Waals surface area contributed by atoms with Gasteiger partial charge in [-0.1, -0.05) is 81.2 Å². The van der Waals surface area contributed by atoms with Crippen LogP contribution in [0, 0.1) is 11.3 Å². The van der Waals surface area contributed by atoms with Crippen molar-refractivity contribution in [2.45, 2.75) is 65.0 Å². The van der Waals surface area contributed by atoms with E-state index in [2.05, 4.69) is 57.4 Å². The second-order valence-corrected chi connectivity index (χ2v) is 10.2. The van der Waals surface area contributed by atoms with Crippen molar-refractivity contribution in [1.82, 2.24) is 4.90 Å². The molecule has 1 aliphatic heterocycles. The lowest BCUT2D eigenvalue weighted by atomic mass is 9.66. The minimum absolute atomic E-state index is 0.0755. The van der Waals surface area contributed by atoms with Crippen LogP contribution in [0.3, 0.4) is 0 Å². The molecule has 0 N–H and O–H groups in total. The molecule has 166 valence electrons. The monoisotopic (exact) mass is 457 g/mol. The van der Waals surface area contributed by atoms with Crippen LogP contribution in [-0.2, 0) is 4.79 Å². The molecule has 1 amide bonds. The second kappa shape index (κ2) is 9.79. The number of rotatable bonds is 7. The number of carbonyl (C=O) groups excluding carboxylic acids is 1. The average molecular weight is 458 g/mol. The summed E-state index contributed by atoms with van der Waals surface area (Å²) < 4.78 is 0. The zero-order chi connectivity index (χ0) is 22.8. The summed E-state index contributed by atoms with van der Waals surface area (Å²) in [6.07, 6.45) is 4.18. The van der Waals surface area contributed by atoms with Gasteiger partial charge in [0, 0.05) is 22.0 Å². The van der Waals surface area contributed by atoms with Crippen molar-refractivity contribution in [3.8, 4) is 0 Å². The summed E-state index contributed by atoms with van der Waals surface area (Å²) in [7, 11) is 0. The largest absolute Gasteiger partial charge is 0.331 e. The van der Waals surface area contributed by atoms with E-state index in [0.717, 1.165) is 23.4 Å². The van der Waals surface area contributed by atoms with Gasteiger partial charge in [-0.25, -0.2) is 0 Å². The Labute approximate surface area is 197 Å². The van der Waals surface area contributed by atoms with Crippen LogP contribution in [0.25, 0.3) is 0 Å². The quantitative estimate of drug-likeness (QED) is 0.384. The number of likely N-dealkylation sites (tertiary alicyclic amines) is 1. The number of hydrogen-bond acceptors (Lipinski definition) is 1. The summed E-state index contributed by atoms with van der Waals surface area (Å²) >= 11 is 12.6. The number of hydrogen-bond donors (Lipinski definition) is 0. The summed E-state index contributed by atoms with van der Waals surface area (Å²) in [5.74, 6) is 0.677. The fourth-order valence-electron chi connectivity index (χ4n) is 5.24. The Balaban J connectivity index is 2.24. The maximum absolute atomic E-state index is 14.1. The van der Waals surface area contributed by atoms with Crippen molar-refractivity contribution < 1.29 is 4.79 Å². The minimum atomic E-state index is -0.500. The normalized spacial score (nSPS) is 25.0. The third kappa shape index (κ3) is 4.86. The predicted molar refractivity (Wildman–Crippen MR) is 132 cm³/mol. The molecule has 2 aromatic rings. The van der Waals surface area contributed by atoms with Gasteiger partial charge in [0.15, 0.2) is 0 Å². The number of benzene rings is 2. The van der Waals surface area contributed by atoms with Crippen molar-refractivity contribution in [1.29, 1.82) is 0 Å². The lowest BCUT2D eigenvalue weighted by Crippen LogP contribution is -2.56. The molecule has 4 atom stereocenters. The summed E-state index contributed by atoms with van der Waals surface area (Å²) in [5.41, 5.74) is 1.78. The van der Waals surface area contributed by atoms with Gasteiger partial charge < -0.3 is 4.90 Å². The van der Waals surface area contributed by atoms with Crippen molar-refractivity contribution in [2.24, 2.45) is 11.3 Å². The van der Waals surface area contributed by atoms with Crippen LogP contribution in [0.1, 0.15) is 70.0 Å². The number of piperidine rings is 1. The summed E-state index contributed by atoms with van der Waals surface area (Å²) in [4.78, 5) is 16.2. The molecule has 4 heteroatoms. The Morgan fingerprint density at radius 1 is 1.13 bits per heavy atom. The Bertz CT molecular complexity index is 923. The zero-order valence-electron chi connectivity index (χ0n) is 18.9. The fraction of sp³-hybridized carbons (Fsp3) is 0.444. The third-order valence-corrected chi connectivity index (χ3v) is 7.22. The van der Waals surface area contributed by atoms with E-state index in [4.69, 9.17) is 23.2 Å². The van der Waals surface area contributed by atoms with Gasteiger partial charge in [-0.15, -0.1) is 6.58 Å². The van der Waals surface area contributed by atoms with Gasteiger partial charge in [0.2, 0.25) is 5.91 Å². The maximum atomic E-state index is 14.1. The van der Waals surface area contributed by atoms with Gasteiger partial charge >= 0.3 is 0 Å². The molecule has 3 rings (SSSR count). The highest BCUT2D eigenvalue weighted by molar-refractivity contribution is 6.30. The van der Waals surface area contributed by atoms with Crippen LogP contribution in [0.4, 0.5) is 0 Å². The molecule has 1 saturated heterocycles. The van der Waals surface area contributed by atoms with Crippen LogP contribution >= 0.6 is 23.2 Å². The van der Waals surface area contributed by atoms with Gasteiger partial charge in [0.1, 0.15) is 0 Å². The molecule has 0 aromatic heterocycles. The molecule has 0 unspecified atom stereocenters. The van der Waals surface area contributed by atoms with Crippen LogP contribution in [-0.4, -0.2) is 16.8 Å². The van der Waals surface area contributed by atoms with Gasteiger partial charge in [0.25, 0.3) is 0 Å². The summed E-state index contributed by atoms with van der Waals surface area (Å²) in [6.45, 7) is 12.6. The first kappa shape index (κ1) is 23.9. The second-order valence-electron chi connectivity index (χ2n) is 9.35. The highest BCUT2D eigenvalue weighted by Gasteiger charge is 2.51. The fourth-order valence-corrected chi connectivity index (χ4v) is 5.57. The van der Waals surface area contributed by atoms with Crippen LogP contribution in [0.2, 0.25) is 10.0 Å². The molecule has 0 saturated carbocycles. The Kier molecular flexibility index (Phi) is 7.55. The van der Waals surface area contributed by atoms with Gasteiger partial charge in [0.05, 0.1) is 11.5 Å². The smallest absolute Gasteiger partial charge is 0.229 e. The summed E-state index contributed by atoms with van der Waals surface area (Å²) in [5, 5.41) is 1.42. The average Bonchev–Trinajstić information content (AvgIpc) is 2.72. The molecule has 0 aliphatic carbocycles. The Hall–Kier alpha value is -1.77. The summed E-state index contributed by atoms with van der Waals surface area (Å²) in [6, 6.07) is 16.1. The van der Waals surface area contributed by atoms with E-state index in [-0.39, 0.29) is 23.9 Å². The van der Waals surface area contributed by atoms with E-state index < -0.39 is 5.41 Å². The molecule has 2 aromatic carbocycles. The van der Waals surface area contributed by atoms with Crippen LogP contribution in [0.5, 0.6) is 0 Å². The zero-order valence-corrected chi connectivity index (χ0v) is 20.5. The lowest BCUT2D eigenvalue weighted by molar-refractivity contribution is -0.156. The molecule has 31 heavy (non-hydrogen) atoms. The first-order valence-corrected chi connectivity index (χ1v) is 11.9. The number of nitrogens with zero attached hydrogens (tertiary/aromatic N) is 1. The molecule has 0 radical (unpaired) electrons. The lowest BCUT2D eigenvalue weighted by Gasteiger charge is -2.53. The SMILES string of the molecule is C=CC[C@@]1(C)C[C@H](c2cccc(Cl)c2)[C@@H](c2ccc(Cl)cc2)N([C@@H](CC)C(C)C)C1=O. The molecule has 1 fully saturated rings. The molecule has 1 aliphatic rings. The van der Waals surface area contributed by atoms with E-state index in [9.17, 15) is 4.79 Å². The molecule has 0 bridgehead atoms. The molecule has 0 spiro atoms. The predicted octanol–water partition coefficient (Wildman–Crippen LogP) is 8.07. The third-order valence-electron chi connectivity index (χ3n) is 6.73. The van der Waals surface area contributed by atoms with E-state index in [1.54, 1.807) is 0 Å². The number of allylic oxidation sites excluding steroid dienone is 1. The highest BCUT2D eigenvalue weighted by Crippen LogP contribution is 2.52. The van der Waals surface area contributed by atoms with E-state index in [1.165, 1.54) is 5.56 Å². The van der Waals surface area contributed by atoms with Crippen molar-refractivity contribution in [2.75, 3.05) is 0 Å². The van der Waals surface area contributed by atoms with Crippen LogP contribution in [0.15, 0.2) is 61.2 Å². The van der Waals surface area contributed by atoms with Crippen molar-refractivity contribution >= 4 is 29.1 Å². The topological polar surface area (TPSA) is 20.3 Å². The highest BCUT2D eigenvalue weighted by atomic mass is 35.5. The van der Waals surface area contributed by atoms with E-state index in [0.29, 0.717) is 17.4 Å². The molecular formula is C27H33Cl2NO.